The molecule has 2 aromatic carbocycles. The van der Waals surface area contributed by atoms with Crippen LogP contribution in [0.1, 0.15) is 12.8 Å². The van der Waals surface area contributed by atoms with Crippen LogP contribution in [-0.2, 0) is 4.74 Å². The summed E-state index contributed by atoms with van der Waals surface area (Å²) in [5.41, 5.74) is 6.60. The molecule has 7 nitrogen and oxygen atoms in total. The zero-order valence-electron chi connectivity index (χ0n) is 17.4. The highest BCUT2D eigenvalue weighted by Gasteiger charge is 2.15. The lowest BCUT2D eigenvalue weighted by atomic mass is 10.1. The Bertz CT molecular complexity index is 1040. The lowest BCUT2D eigenvalue weighted by Crippen LogP contribution is -2.41. The highest BCUT2D eigenvalue weighted by atomic mass is 19.1. The zero-order chi connectivity index (χ0) is 21.6. The van der Waals surface area contributed by atoms with Crippen molar-refractivity contribution in [2.75, 3.05) is 39.2 Å². The fraction of sp³-hybridized carbons (Fsp3) is 0.348. The Morgan fingerprint density at radius 2 is 2.06 bits per heavy atom. The number of nitrogen functional groups attached to an aromatic ring is 1. The van der Waals surface area contributed by atoms with E-state index in [1.54, 1.807) is 31.5 Å². The summed E-state index contributed by atoms with van der Waals surface area (Å²) in [5.74, 6) is 1.17. The quantitative estimate of drug-likeness (QED) is 0.416. The Kier molecular flexibility index (Phi) is 6.69. The summed E-state index contributed by atoms with van der Waals surface area (Å²) in [6, 6.07) is 9.95. The number of nitrogens with zero attached hydrogens (tertiary/aromatic N) is 1. The van der Waals surface area contributed by atoms with E-state index in [2.05, 4.69) is 10.3 Å². The van der Waals surface area contributed by atoms with Crippen molar-refractivity contribution in [3.05, 3.63) is 48.4 Å². The molecular weight excluding hydrogens is 401 g/mol. The van der Waals surface area contributed by atoms with E-state index in [1.807, 2.05) is 6.07 Å². The monoisotopic (exact) mass is 427 g/mol. The number of anilines is 1. The molecule has 1 aromatic heterocycles. The minimum Gasteiger partial charge on any atom is -0.493 e. The van der Waals surface area contributed by atoms with Crippen molar-refractivity contribution in [2.45, 2.75) is 18.9 Å². The number of ether oxygens (including phenoxy) is 4. The van der Waals surface area contributed by atoms with Gasteiger partial charge < -0.3 is 30.0 Å². The molecule has 1 aliphatic heterocycles. The second-order valence-corrected chi connectivity index (χ2v) is 7.34. The Morgan fingerprint density at radius 3 is 2.84 bits per heavy atom. The van der Waals surface area contributed by atoms with E-state index in [9.17, 15) is 4.39 Å². The number of morpholine rings is 1. The molecule has 31 heavy (non-hydrogen) atoms. The first kappa shape index (κ1) is 21.1. The largest absolute Gasteiger partial charge is 0.493 e. The van der Waals surface area contributed by atoms with Gasteiger partial charge in [-0.05, 0) is 37.1 Å². The van der Waals surface area contributed by atoms with Crippen LogP contribution in [0.4, 0.5) is 10.1 Å². The van der Waals surface area contributed by atoms with E-state index < -0.39 is 5.82 Å². The fourth-order valence-electron chi connectivity index (χ4n) is 3.53. The number of methoxy groups -OCH3 is 1. The predicted molar refractivity (Wildman–Crippen MR) is 117 cm³/mol. The van der Waals surface area contributed by atoms with Crippen molar-refractivity contribution in [3.63, 3.8) is 0 Å². The molecule has 1 fully saturated rings. The fourth-order valence-corrected chi connectivity index (χ4v) is 3.53. The third-order valence-corrected chi connectivity index (χ3v) is 5.12. The summed E-state index contributed by atoms with van der Waals surface area (Å²) in [5, 5.41) is 4.12. The van der Waals surface area contributed by atoms with Gasteiger partial charge in [0.1, 0.15) is 5.75 Å². The average Bonchev–Trinajstić information content (AvgIpc) is 2.79. The third-order valence-electron chi connectivity index (χ3n) is 5.12. The summed E-state index contributed by atoms with van der Waals surface area (Å²) in [6.45, 7) is 2.94. The number of pyridine rings is 1. The van der Waals surface area contributed by atoms with Crippen molar-refractivity contribution < 1.29 is 23.3 Å². The number of fused-ring (bicyclic) bond motifs is 1. The first-order chi connectivity index (χ1) is 15.1. The molecule has 0 radical (unpaired) electrons. The van der Waals surface area contributed by atoms with Gasteiger partial charge in [-0.25, -0.2) is 4.39 Å². The minimum atomic E-state index is -0.533. The molecule has 1 atom stereocenters. The van der Waals surface area contributed by atoms with Gasteiger partial charge in [0.05, 0.1) is 32.4 Å². The van der Waals surface area contributed by atoms with E-state index in [0.29, 0.717) is 46.5 Å². The number of nitrogens with two attached hydrogens (primary N) is 1. The van der Waals surface area contributed by atoms with Gasteiger partial charge in [0.2, 0.25) is 0 Å². The Labute approximate surface area is 180 Å². The predicted octanol–water partition coefficient (Wildman–Crippen LogP) is 3.90. The normalized spacial score (nSPS) is 16.3. The van der Waals surface area contributed by atoms with Crippen LogP contribution in [0.15, 0.2) is 42.6 Å². The number of benzene rings is 2. The number of aromatic nitrogens is 1. The van der Waals surface area contributed by atoms with Gasteiger partial charge in [-0.3, -0.25) is 4.98 Å². The van der Waals surface area contributed by atoms with Crippen LogP contribution < -0.4 is 25.3 Å². The standard InChI is InChI=1S/C23H26FN3O4/c1-28-22-12-17-19(13-23(22)30-9-2-3-16-14-29-10-8-26-16)27-7-6-20(17)31-21-5-4-15(25)11-18(21)24/h4-7,11-13,16,26H,2-3,8-10,14,25H2,1H3. The highest BCUT2D eigenvalue weighted by molar-refractivity contribution is 5.88. The first-order valence-corrected chi connectivity index (χ1v) is 10.3. The Hall–Kier alpha value is -3.10. The van der Waals surface area contributed by atoms with Crippen LogP contribution in [0.2, 0.25) is 0 Å². The van der Waals surface area contributed by atoms with E-state index >= 15 is 0 Å². The zero-order valence-corrected chi connectivity index (χ0v) is 17.4. The van der Waals surface area contributed by atoms with Gasteiger partial charge in [-0.1, -0.05) is 0 Å². The van der Waals surface area contributed by atoms with E-state index in [0.717, 1.165) is 32.6 Å². The maximum absolute atomic E-state index is 14.2. The van der Waals surface area contributed by atoms with Gasteiger partial charge in [-0.2, -0.15) is 0 Å². The van der Waals surface area contributed by atoms with Gasteiger partial charge in [0.25, 0.3) is 0 Å². The smallest absolute Gasteiger partial charge is 0.167 e. The van der Waals surface area contributed by atoms with E-state index in [4.69, 9.17) is 24.7 Å². The molecule has 3 aromatic rings. The van der Waals surface area contributed by atoms with Gasteiger partial charge in [-0.15, -0.1) is 0 Å². The van der Waals surface area contributed by atoms with Gasteiger partial charge in [0.15, 0.2) is 23.1 Å². The Morgan fingerprint density at radius 1 is 1.16 bits per heavy atom. The molecule has 0 bridgehead atoms. The summed E-state index contributed by atoms with van der Waals surface area (Å²) in [7, 11) is 1.58. The molecule has 0 amide bonds. The molecule has 2 heterocycles. The van der Waals surface area contributed by atoms with E-state index in [-0.39, 0.29) is 5.75 Å². The van der Waals surface area contributed by atoms with Crippen LogP contribution in [0.5, 0.6) is 23.0 Å². The van der Waals surface area contributed by atoms with Crippen molar-refractivity contribution in [1.29, 1.82) is 0 Å². The summed E-state index contributed by atoms with van der Waals surface area (Å²) in [4.78, 5) is 4.40. The van der Waals surface area contributed by atoms with Crippen LogP contribution in [0.3, 0.4) is 0 Å². The topological polar surface area (TPSA) is 87.9 Å². The molecule has 0 spiro atoms. The van der Waals surface area contributed by atoms with Crippen molar-refractivity contribution in [2.24, 2.45) is 0 Å². The van der Waals surface area contributed by atoms with Crippen molar-refractivity contribution >= 4 is 16.6 Å². The summed E-state index contributed by atoms with van der Waals surface area (Å²) < 4.78 is 36.9. The van der Waals surface area contributed by atoms with Crippen LogP contribution >= 0.6 is 0 Å². The van der Waals surface area contributed by atoms with Crippen LogP contribution in [0, 0.1) is 5.82 Å². The molecule has 8 heteroatoms. The minimum absolute atomic E-state index is 0.0845. The summed E-state index contributed by atoms with van der Waals surface area (Å²) >= 11 is 0. The molecule has 4 rings (SSSR count). The first-order valence-electron chi connectivity index (χ1n) is 10.3. The van der Waals surface area contributed by atoms with E-state index in [1.165, 1.54) is 12.1 Å². The van der Waals surface area contributed by atoms with Crippen molar-refractivity contribution in [1.82, 2.24) is 10.3 Å². The van der Waals surface area contributed by atoms with Gasteiger partial charge in [0, 0.05) is 42.0 Å². The molecule has 3 N–H and O–H groups in total. The molecule has 1 unspecified atom stereocenters. The third kappa shape index (κ3) is 5.15. The molecular formula is C23H26FN3O4. The second-order valence-electron chi connectivity index (χ2n) is 7.34. The molecule has 1 aliphatic rings. The number of rotatable bonds is 8. The Balaban J connectivity index is 1.49. The maximum atomic E-state index is 14.2. The number of hydrogen-bond acceptors (Lipinski definition) is 7. The van der Waals surface area contributed by atoms with Crippen molar-refractivity contribution in [3.8, 4) is 23.0 Å². The average molecular weight is 427 g/mol. The van der Waals surface area contributed by atoms with Crippen LogP contribution in [-0.4, -0.2) is 44.5 Å². The lowest BCUT2D eigenvalue weighted by Gasteiger charge is -2.23. The second kappa shape index (κ2) is 9.80. The highest BCUT2D eigenvalue weighted by Crippen LogP contribution is 2.37. The molecule has 164 valence electrons. The molecule has 0 saturated carbocycles. The molecule has 0 aliphatic carbocycles. The SMILES string of the molecule is COc1cc2c(Oc3ccc(N)cc3F)ccnc2cc1OCCCC1COCCN1. The number of halogens is 1. The number of hydrogen-bond donors (Lipinski definition) is 2. The number of nitrogens with one attached hydrogen (secondary N) is 1. The summed E-state index contributed by atoms with van der Waals surface area (Å²) in [6.07, 6.45) is 3.46. The van der Waals surface area contributed by atoms with Gasteiger partial charge >= 0.3 is 0 Å². The lowest BCUT2D eigenvalue weighted by molar-refractivity contribution is 0.0721. The van der Waals surface area contributed by atoms with Crippen LogP contribution in [0.25, 0.3) is 10.9 Å². The molecule has 1 saturated heterocycles. The maximum Gasteiger partial charge on any atom is 0.167 e.